The molecule has 1 aromatic rings. The number of guanidine groups is 1. The Morgan fingerprint density at radius 2 is 2.06 bits per heavy atom. The summed E-state index contributed by atoms with van der Waals surface area (Å²) in [5, 5.41) is 3.02. The van der Waals surface area contributed by atoms with Gasteiger partial charge in [0.1, 0.15) is 0 Å². The summed E-state index contributed by atoms with van der Waals surface area (Å²) in [6.07, 6.45) is 0. The lowest BCUT2D eigenvalue weighted by atomic mass is 10.2. The molecular formula is C12H19N3O. The van der Waals surface area contributed by atoms with Crippen molar-refractivity contribution in [1.29, 1.82) is 0 Å². The van der Waals surface area contributed by atoms with Crippen molar-refractivity contribution in [3.8, 4) is 0 Å². The standard InChI is InChI=1S/C12H19N3O/c1-3-16-9-8-14-12(13)15-11-6-4-10(2)5-7-11/h4-7H,3,8-9H2,1-2H3,(H3,13,14,15). The van der Waals surface area contributed by atoms with E-state index in [1.165, 1.54) is 5.56 Å². The predicted octanol–water partition coefficient (Wildman–Crippen LogP) is 1.76. The monoisotopic (exact) mass is 221 g/mol. The summed E-state index contributed by atoms with van der Waals surface area (Å²) < 4.78 is 5.16. The second-order valence-corrected chi connectivity index (χ2v) is 3.45. The molecule has 0 saturated carbocycles. The van der Waals surface area contributed by atoms with Gasteiger partial charge in [-0.1, -0.05) is 17.7 Å². The van der Waals surface area contributed by atoms with Crippen LogP contribution in [-0.2, 0) is 4.74 Å². The summed E-state index contributed by atoms with van der Waals surface area (Å²) in [6.45, 7) is 5.90. The molecule has 0 unspecified atom stereocenters. The van der Waals surface area contributed by atoms with Gasteiger partial charge in [0.2, 0.25) is 0 Å². The van der Waals surface area contributed by atoms with Crippen LogP contribution in [0.25, 0.3) is 0 Å². The first-order valence-electron chi connectivity index (χ1n) is 5.43. The van der Waals surface area contributed by atoms with E-state index in [9.17, 15) is 0 Å². The van der Waals surface area contributed by atoms with Crippen LogP contribution >= 0.6 is 0 Å². The average molecular weight is 221 g/mol. The number of hydrogen-bond acceptors (Lipinski definition) is 2. The van der Waals surface area contributed by atoms with E-state index in [0.717, 1.165) is 5.69 Å². The zero-order chi connectivity index (χ0) is 11.8. The summed E-state index contributed by atoms with van der Waals surface area (Å²) in [5.41, 5.74) is 7.88. The van der Waals surface area contributed by atoms with Crippen molar-refractivity contribution >= 4 is 11.6 Å². The fraction of sp³-hybridized carbons (Fsp3) is 0.417. The molecule has 0 bridgehead atoms. The Kier molecular flexibility index (Phi) is 5.36. The van der Waals surface area contributed by atoms with Crippen molar-refractivity contribution < 1.29 is 4.74 Å². The summed E-state index contributed by atoms with van der Waals surface area (Å²) in [7, 11) is 0. The molecule has 0 atom stereocenters. The van der Waals surface area contributed by atoms with E-state index in [4.69, 9.17) is 10.5 Å². The predicted molar refractivity (Wildman–Crippen MR) is 67.8 cm³/mol. The van der Waals surface area contributed by atoms with Crippen molar-refractivity contribution in [2.45, 2.75) is 13.8 Å². The molecule has 0 aliphatic rings. The first-order chi connectivity index (χ1) is 7.72. The zero-order valence-electron chi connectivity index (χ0n) is 9.86. The maximum Gasteiger partial charge on any atom is 0.193 e. The first-order valence-corrected chi connectivity index (χ1v) is 5.43. The molecule has 0 aliphatic carbocycles. The Morgan fingerprint density at radius 3 is 2.69 bits per heavy atom. The summed E-state index contributed by atoms with van der Waals surface area (Å²) in [6, 6.07) is 7.99. The molecule has 16 heavy (non-hydrogen) atoms. The lowest BCUT2D eigenvalue weighted by Gasteiger charge is -2.05. The van der Waals surface area contributed by atoms with E-state index in [1.807, 2.05) is 38.1 Å². The Labute approximate surface area is 96.5 Å². The number of rotatable bonds is 5. The fourth-order valence-electron chi connectivity index (χ4n) is 1.20. The number of nitrogens with two attached hydrogens (primary N) is 1. The van der Waals surface area contributed by atoms with Gasteiger partial charge in [-0.15, -0.1) is 0 Å². The molecule has 1 aromatic carbocycles. The van der Waals surface area contributed by atoms with E-state index >= 15 is 0 Å². The highest BCUT2D eigenvalue weighted by Gasteiger charge is 1.94. The molecule has 0 aromatic heterocycles. The molecular weight excluding hydrogens is 202 g/mol. The highest BCUT2D eigenvalue weighted by atomic mass is 16.5. The van der Waals surface area contributed by atoms with Crippen molar-refractivity contribution in [3.63, 3.8) is 0 Å². The fourth-order valence-corrected chi connectivity index (χ4v) is 1.20. The quantitative estimate of drug-likeness (QED) is 0.452. The molecule has 4 nitrogen and oxygen atoms in total. The SMILES string of the molecule is CCOCCN=C(N)Nc1ccc(C)cc1. The highest BCUT2D eigenvalue weighted by molar-refractivity contribution is 5.92. The molecule has 0 heterocycles. The zero-order valence-corrected chi connectivity index (χ0v) is 9.86. The van der Waals surface area contributed by atoms with Crippen LogP contribution in [0.1, 0.15) is 12.5 Å². The van der Waals surface area contributed by atoms with Crippen LogP contribution in [-0.4, -0.2) is 25.7 Å². The maximum atomic E-state index is 5.71. The number of benzene rings is 1. The first kappa shape index (κ1) is 12.5. The van der Waals surface area contributed by atoms with Crippen LogP contribution < -0.4 is 11.1 Å². The van der Waals surface area contributed by atoms with E-state index in [2.05, 4.69) is 10.3 Å². The molecule has 88 valence electrons. The summed E-state index contributed by atoms with van der Waals surface area (Å²) in [4.78, 5) is 4.14. The molecule has 0 saturated heterocycles. The molecule has 4 heteroatoms. The minimum Gasteiger partial charge on any atom is -0.380 e. The Bertz CT molecular complexity index is 333. The van der Waals surface area contributed by atoms with Gasteiger partial charge in [0, 0.05) is 12.3 Å². The van der Waals surface area contributed by atoms with E-state index < -0.39 is 0 Å². The normalized spacial score (nSPS) is 11.5. The number of nitrogens with one attached hydrogen (secondary N) is 1. The van der Waals surface area contributed by atoms with Crippen molar-refractivity contribution in [3.05, 3.63) is 29.8 Å². The highest BCUT2D eigenvalue weighted by Crippen LogP contribution is 2.07. The van der Waals surface area contributed by atoms with Gasteiger partial charge in [0.25, 0.3) is 0 Å². The largest absolute Gasteiger partial charge is 0.380 e. The summed E-state index contributed by atoms with van der Waals surface area (Å²) >= 11 is 0. The Hall–Kier alpha value is -1.55. The minimum atomic E-state index is 0.420. The van der Waals surface area contributed by atoms with Crippen LogP contribution in [0.15, 0.2) is 29.3 Å². The van der Waals surface area contributed by atoms with Crippen LogP contribution in [0.5, 0.6) is 0 Å². The van der Waals surface area contributed by atoms with Gasteiger partial charge in [-0.05, 0) is 26.0 Å². The molecule has 3 N–H and O–H groups in total. The molecule has 0 radical (unpaired) electrons. The van der Waals surface area contributed by atoms with E-state index in [1.54, 1.807) is 0 Å². The van der Waals surface area contributed by atoms with Gasteiger partial charge in [0.05, 0.1) is 13.2 Å². The van der Waals surface area contributed by atoms with Gasteiger partial charge in [0.15, 0.2) is 5.96 Å². The molecule has 0 fully saturated rings. The van der Waals surface area contributed by atoms with Gasteiger partial charge >= 0.3 is 0 Å². The third-order valence-corrected chi connectivity index (χ3v) is 2.05. The van der Waals surface area contributed by atoms with Gasteiger partial charge in [-0.2, -0.15) is 0 Å². The lowest BCUT2D eigenvalue weighted by molar-refractivity contribution is 0.156. The molecule has 1 rings (SSSR count). The van der Waals surface area contributed by atoms with E-state index in [0.29, 0.717) is 25.7 Å². The minimum absolute atomic E-state index is 0.420. The number of aliphatic imine (C=N–C) groups is 1. The molecule has 0 aliphatic heterocycles. The number of ether oxygens (including phenoxy) is 1. The van der Waals surface area contributed by atoms with Crippen LogP contribution in [0.2, 0.25) is 0 Å². The van der Waals surface area contributed by atoms with E-state index in [-0.39, 0.29) is 0 Å². The van der Waals surface area contributed by atoms with Gasteiger partial charge in [-0.25, -0.2) is 0 Å². The second-order valence-electron chi connectivity index (χ2n) is 3.45. The Morgan fingerprint density at radius 1 is 1.38 bits per heavy atom. The van der Waals surface area contributed by atoms with Crippen LogP contribution in [0.4, 0.5) is 5.69 Å². The third-order valence-electron chi connectivity index (χ3n) is 2.05. The number of hydrogen-bond donors (Lipinski definition) is 2. The second kappa shape index (κ2) is 6.85. The number of anilines is 1. The van der Waals surface area contributed by atoms with Crippen molar-refractivity contribution in [2.75, 3.05) is 25.1 Å². The van der Waals surface area contributed by atoms with Crippen LogP contribution in [0, 0.1) is 6.92 Å². The third kappa shape index (κ3) is 4.79. The van der Waals surface area contributed by atoms with Gasteiger partial charge < -0.3 is 15.8 Å². The molecule has 0 amide bonds. The van der Waals surface area contributed by atoms with Crippen molar-refractivity contribution in [1.82, 2.24) is 0 Å². The Balaban J connectivity index is 2.38. The smallest absolute Gasteiger partial charge is 0.193 e. The number of aryl methyl sites for hydroxylation is 1. The maximum absolute atomic E-state index is 5.71. The number of nitrogens with zero attached hydrogens (tertiary/aromatic N) is 1. The molecule has 0 spiro atoms. The van der Waals surface area contributed by atoms with Gasteiger partial charge in [-0.3, -0.25) is 4.99 Å². The average Bonchev–Trinajstić information content (AvgIpc) is 2.28. The topological polar surface area (TPSA) is 59.6 Å². The summed E-state index contributed by atoms with van der Waals surface area (Å²) in [5.74, 6) is 0.420. The lowest BCUT2D eigenvalue weighted by Crippen LogP contribution is -2.23. The van der Waals surface area contributed by atoms with Crippen molar-refractivity contribution in [2.24, 2.45) is 10.7 Å². The van der Waals surface area contributed by atoms with Crippen LogP contribution in [0.3, 0.4) is 0 Å².